The maximum absolute atomic E-state index is 5.49. The molecule has 1 aromatic heterocycles. The van der Waals surface area contributed by atoms with Crippen LogP contribution in [0.1, 0.15) is 12.8 Å². The Morgan fingerprint density at radius 2 is 2.33 bits per heavy atom. The van der Waals surface area contributed by atoms with E-state index in [1.807, 2.05) is 20.2 Å². The number of hydrogen-bond donors (Lipinski definition) is 1. The molecule has 0 amide bonds. The molecule has 0 aromatic carbocycles. The van der Waals surface area contributed by atoms with Gasteiger partial charge in [-0.15, -0.1) is 0 Å². The van der Waals surface area contributed by atoms with Crippen molar-refractivity contribution in [3.63, 3.8) is 0 Å². The van der Waals surface area contributed by atoms with Crippen LogP contribution in [0.4, 0.5) is 11.4 Å². The molecule has 0 aliphatic carbocycles. The third kappa shape index (κ3) is 2.85. The van der Waals surface area contributed by atoms with Crippen molar-refractivity contribution >= 4 is 11.4 Å². The lowest BCUT2D eigenvalue weighted by molar-refractivity contribution is 0.0875. The van der Waals surface area contributed by atoms with Crippen molar-refractivity contribution in [2.75, 3.05) is 44.6 Å². The lowest BCUT2D eigenvalue weighted by Gasteiger charge is -2.27. The number of rotatable bonds is 4. The highest BCUT2D eigenvalue weighted by Crippen LogP contribution is 2.33. The monoisotopic (exact) mass is 251 g/mol. The molecule has 1 saturated heterocycles. The number of ether oxygens (including phenoxy) is 2. The number of nitrogens with one attached hydrogen (secondary N) is 1. The van der Waals surface area contributed by atoms with Crippen LogP contribution in [-0.2, 0) is 4.74 Å². The van der Waals surface area contributed by atoms with Gasteiger partial charge >= 0.3 is 0 Å². The maximum Gasteiger partial charge on any atom is 0.239 e. The molecule has 0 bridgehead atoms. The summed E-state index contributed by atoms with van der Waals surface area (Å²) in [7, 11) is 5.67. The molecule has 1 N–H and O–H groups in total. The van der Waals surface area contributed by atoms with E-state index in [-0.39, 0.29) is 0 Å². The van der Waals surface area contributed by atoms with Crippen molar-refractivity contribution in [1.29, 1.82) is 0 Å². The molecular weight excluding hydrogens is 230 g/mol. The Labute approximate surface area is 108 Å². The van der Waals surface area contributed by atoms with Gasteiger partial charge in [-0.1, -0.05) is 0 Å². The summed E-state index contributed by atoms with van der Waals surface area (Å²) in [5.41, 5.74) is 2.02. The number of nitrogens with zero attached hydrogens (tertiary/aromatic N) is 2. The fourth-order valence-corrected chi connectivity index (χ4v) is 2.15. The number of aromatic nitrogens is 1. The number of anilines is 2. The summed E-state index contributed by atoms with van der Waals surface area (Å²) in [4.78, 5) is 6.31. The minimum Gasteiger partial charge on any atom is -0.479 e. The van der Waals surface area contributed by atoms with Crippen LogP contribution in [0.5, 0.6) is 5.88 Å². The first-order chi connectivity index (χ1) is 8.72. The summed E-state index contributed by atoms with van der Waals surface area (Å²) < 4.78 is 10.8. The summed E-state index contributed by atoms with van der Waals surface area (Å²) in [6.07, 6.45) is 3.97. The van der Waals surface area contributed by atoms with Gasteiger partial charge in [-0.25, -0.2) is 4.98 Å². The third-order valence-electron chi connectivity index (χ3n) is 3.08. The molecule has 5 heteroatoms. The SMILES string of the molecule is COc1nccc(N(C)C)c1NC1CCCOC1. The maximum atomic E-state index is 5.49. The topological polar surface area (TPSA) is 46.6 Å². The van der Waals surface area contributed by atoms with Gasteiger partial charge in [0.15, 0.2) is 0 Å². The van der Waals surface area contributed by atoms with E-state index in [0.717, 1.165) is 37.4 Å². The van der Waals surface area contributed by atoms with Crippen molar-refractivity contribution in [3.8, 4) is 5.88 Å². The Morgan fingerprint density at radius 3 is 2.94 bits per heavy atom. The molecule has 1 atom stereocenters. The van der Waals surface area contributed by atoms with E-state index in [1.54, 1.807) is 13.3 Å². The Hall–Kier alpha value is -1.49. The van der Waals surface area contributed by atoms with Gasteiger partial charge in [-0.3, -0.25) is 0 Å². The quantitative estimate of drug-likeness (QED) is 0.883. The largest absolute Gasteiger partial charge is 0.479 e. The molecule has 0 radical (unpaired) electrons. The van der Waals surface area contributed by atoms with E-state index in [4.69, 9.17) is 9.47 Å². The zero-order valence-corrected chi connectivity index (χ0v) is 11.3. The summed E-state index contributed by atoms with van der Waals surface area (Å²) in [5.74, 6) is 0.631. The van der Waals surface area contributed by atoms with Crippen molar-refractivity contribution in [2.24, 2.45) is 0 Å². The molecule has 0 saturated carbocycles. The predicted molar refractivity (Wildman–Crippen MR) is 72.6 cm³/mol. The number of pyridine rings is 1. The lowest BCUT2D eigenvalue weighted by Crippen LogP contribution is -2.31. The van der Waals surface area contributed by atoms with E-state index < -0.39 is 0 Å². The predicted octanol–water partition coefficient (Wildman–Crippen LogP) is 1.75. The lowest BCUT2D eigenvalue weighted by atomic mass is 10.1. The third-order valence-corrected chi connectivity index (χ3v) is 3.08. The fraction of sp³-hybridized carbons (Fsp3) is 0.615. The van der Waals surface area contributed by atoms with Crippen molar-refractivity contribution < 1.29 is 9.47 Å². The van der Waals surface area contributed by atoms with Gasteiger partial charge in [0.1, 0.15) is 5.69 Å². The molecule has 1 aliphatic heterocycles. The van der Waals surface area contributed by atoms with E-state index in [9.17, 15) is 0 Å². The van der Waals surface area contributed by atoms with Crippen LogP contribution in [0.3, 0.4) is 0 Å². The van der Waals surface area contributed by atoms with Crippen molar-refractivity contribution in [1.82, 2.24) is 4.98 Å². The van der Waals surface area contributed by atoms with Crippen LogP contribution in [0, 0.1) is 0 Å². The van der Waals surface area contributed by atoms with Crippen LogP contribution in [0.2, 0.25) is 0 Å². The van der Waals surface area contributed by atoms with Crippen molar-refractivity contribution in [3.05, 3.63) is 12.3 Å². The Bertz CT molecular complexity index is 390. The summed E-state index contributed by atoms with van der Waals surface area (Å²) in [6.45, 7) is 1.60. The highest BCUT2D eigenvalue weighted by molar-refractivity contribution is 5.74. The first-order valence-corrected chi connectivity index (χ1v) is 6.27. The summed E-state index contributed by atoms with van der Waals surface area (Å²) in [6, 6.07) is 2.31. The smallest absolute Gasteiger partial charge is 0.239 e. The molecule has 2 rings (SSSR count). The molecular formula is C13H21N3O2. The van der Waals surface area contributed by atoms with E-state index in [2.05, 4.69) is 15.2 Å². The first kappa shape index (κ1) is 13.0. The normalized spacial score (nSPS) is 19.4. The zero-order valence-electron chi connectivity index (χ0n) is 11.3. The molecule has 1 fully saturated rings. The molecule has 5 nitrogen and oxygen atoms in total. The van der Waals surface area contributed by atoms with E-state index in [1.165, 1.54) is 0 Å². The average molecular weight is 251 g/mol. The number of hydrogen-bond acceptors (Lipinski definition) is 5. The second-order valence-electron chi connectivity index (χ2n) is 4.67. The minimum atomic E-state index is 0.329. The Balaban J connectivity index is 2.22. The summed E-state index contributed by atoms with van der Waals surface area (Å²) >= 11 is 0. The minimum absolute atomic E-state index is 0.329. The van der Waals surface area contributed by atoms with Crippen LogP contribution in [0.25, 0.3) is 0 Å². The van der Waals surface area contributed by atoms with E-state index in [0.29, 0.717) is 11.9 Å². The van der Waals surface area contributed by atoms with Gasteiger partial charge in [-0.05, 0) is 18.9 Å². The highest BCUT2D eigenvalue weighted by atomic mass is 16.5. The van der Waals surface area contributed by atoms with Crippen LogP contribution >= 0.6 is 0 Å². The van der Waals surface area contributed by atoms with Gasteiger partial charge in [0.25, 0.3) is 0 Å². The molecule has 1 aliphatic rings. The molecule has 1 unspecified atom stereocenters. The first-order valence-electron chi connectivity index (χ1n) is 6.27. The van der Waals surface area contributed by atoms with Crippen LogP contribution in [0.15, 0.2) is 12.3 Å². The van der Waals surface area contributed by atoms with Gasteiger partial charge in [0.2, 0.25) is 5.88 Å². The van der Waals surface area contributed by atoms with Crippen LogP contribution in [-0.4, -0.2) is 45.4 Å². The Morgan fingerprint density at radius 1 is 1.50 bits per heavy atom. The second-order valence-corrected chi connectivity index (χ2v) is 4.67. The summed E-state index contributed by atoms with van der Waals surface area (Å²) in [5, 5.41) is 3.50. The zero-order chi connectivity index (χ0) is 13.0. The van der Waals surface area contributed by atoms with Gasteiger partial charge in [0.05, 0.1) is 19.4 Å². The molecule has 2 heterocycles. The second kappa shape index (κ2) is 5.91. The van der Waals surface area contributed by atoms with Crippen LogP contribution < -0.4 is 15.0 Å². The molecule has 100 valence electrons. The average Bonchev–Trinajstić information content (AvgIpc) is 2.40. The molecule has 0 spiro atoms. The van der Waals surface area contributed by atoms with Gasteiger partial charge in [-0.2, -0.15) is 0 Å². The fourth-order valence-electron chi connectivity index (χ4n) is 2.15. The van der Waals surface area contributed by atoms with E-state index >= 15 is 0 Å². The van der Waals surface area contributed by atoms with Crippen molar-refractivity contribution in [2.45, 2.75) is 18.9 Å². The van der Waals surface area contributed by atoms with Gasteiger partial charge < -0.3 is 19.7 Å². The standard InChI is InChI=1S/C13H21N3O2/c1-16(2)11-6-7-14-13(17-3)12(11)15-10-5-4-8-18-9-10/h6-7,10,15H,4-5,8-9H2,1-3H3. The Kier molecular flexibility index (Phi) is 4.25. The molecule has 1 aromatic rings. The molecule has 18 heavy (non-hydrogen) atoms. The number of methoxy groups -OCH3 is 1. The van der Waals surface area contributed by atoms with Gasteiger partial charge in [0, 0.05) is 32.9 Å². The highest BCUT2D eigenvalue weighted by Gasteiger charge is 2.19.